The van der Waals surface area contributed by atoms with E-state index in [1.54, 1.807) is 37.9 Å². The van der Waals surface area contributed by atoms with Crippen LogP contribution in [0.5, 0.6) is 11.5 Å². The third-order valence-electron chi connectivity index (χ3n) is 3.58. The lowest BCUT2D eigenvalue weighted by molar-refractivity contribution is -0.122. The number of aromatic nitrogens is 2. The molecule has 3 aromatic rings. The maximum absolute atomic E-state index is 12.4. The predicted molar refractivity (Wildman–Crippen MR) is 108 cm³/mol. The summed E-state index contributed by atoms with van der Waals surface area (Å²) in [5.74, 6) is 1.60. The smallest absolute Gasteiger partial charge is 0.266 e. The van der Waals surface area contributed by atoms with Gasteiger partial charge in [-0.3, -0.25) is 10.1 Å². The van der Waals surface area contributed by atoms with Gasteiger partial charge in [0.15, 0.2) is 21.9 Å². The first-order valence-corrected chi connectivity index (χ1v) is 10.1. The molecule has 0 spiro atoms. The number of nitrogens with one attached hydrogen (secondary N) is 1. The average molecular weight is 402 g/mol. The van der Waals surface area contributed by atoms with E-state index < -0.39 is 6.10 Å². The number of benzene rings is 2. The van der Waals surface area contributed by atoms with E-state index in [0.29, 0.717) is 16.6 Å². The maximum atomic E-state index is 12.4. The molecule has 0 saturated heterocycles. The normalized spacial score (nSPS) is 11.6. The Balaban J connectivity index is 1.54. The van der Waals surface area contributed by atoms with Crippen LogP contribution in [0.15, 0.2) is 58.9 Å². The Hall–Kier alpha value is -2.58. The summed E-state index contributed by atoms with van der Waals surface area (Å²) in [4.78, 5) is 12.4. The highest BCUT2D eigenvalue weighted by atomic mass is 32.2. The first-order chi connectivity index (χ1) is 13.2. The number of hydrogen-bond acceptors (Lipinski definition) is 7. The number of thioether (sulfide) groups is 1. The number of ether oxygens (including phenoxy) is 2. The van der Waals surface area contributed by atoms with Gasteiger partial charge in [0, 0.05) is 5.75 Å². The summed E-state index contributed by atoms with van der Waals surface area (Å²) >= 11 is 2.92. The molecule has 8 heteroatoms. The minimum Gasteiger partial charge on any atom is -0.493 e. The zero-order chi connectivity index (χ0) is 19.1. The first-order valence-electron chi connectivity index (χ1n) is 8.26. The van der Waals surface area contributed by atoms with E-state index in [2.05, 4.69) is 27.6 Å². The summed E-state index contributed by atoms with van der Waals surface area (Å²) in [6, 6.07) is 17.3. The molecule has 0 aliphatic carbocycles. The number of para-hydroxylation sites is 2. The molecule has 0 aliphatic heterocycles. The van der Waals surface area contributed by atoms with Gasteiger partial charge in [-0.15, -0.1) is 10.2 Å². The Kier molecular flexibility index (Phi) is 6.67. The van der Waals surface area contributed by atoms with E-state index in [-0.39, 0.29) is 5.91 Å². The van der Waals surface area contributed by atoms with Crippen molar-refractivity contribution in [3.05, 3.63) is 60.2 Å². The molecular weight excluding hydrogens is 382 g/mol. The zero-order valence-electron chi connectivity index (χ0n) is 14.9. The second kappa shape index (κ2) is 9.38. The summed E-state index contributed by atoms with van der Waals surface area (Å²) in [5, 5.41) is 11.3. The van der Waals surface area contributed by atoms with E-state index in [1.807, 2.05) is 30.3 Å². The zero-order valence-corrected chi connectivity index (χ0v) is 16.5. The van der Waals surface area contributed by atoms with Crippen LogP contribution in [0, 0.1) is 0 Å². The van der Waals surface area contributed by atoms with Crippen LogP contribution in [0.25, 0.3) is 0 Å². The van der Waals surface area contributed by atoms with E-state index in [0.717, 1.165) is 10.1 Å². The number of rotatable bonds is 8. The molecule has 27 heavy (non-hydrogen) atoms. The second-order valence-corrected chi connectivity index (χ2v) is 7.75. The molecule has 0 radical (unpaired) electrons. The fourth-order valence-corrected chi connectivity index (χ4v) is 3.92. The summed E-state index contributed by atoms with van der Waals surface area (Å²) < 4.78 is 11.7. The van der Waals surface area contributed by atoms with Crippen molar-refractivity contribution in [2.24, 2.45) is 0 Å². The molecule has 1 atom stereocenters. The Labute approximate surface area is 165 Å². The molecule has 2 aromatic carbocycles. The number of methoxy groups -OCH3 is 1. The van der Waals surface area contributed by atoms with Crippen LogP contribution >= 0.6 is 23.1 Å². The number of hydrogen-bond donors (Lipinski definition) is 1. The molecule has 1 amide bonds. The Morgan fingerprint density at radius 1 is 1.11 bits per heavy atom. The first kappa shape index (κ1) is 19.2. The summed E-state index contributed by atoms with van der Waals surface area (Å²) in [7, 11) is 1.56. The predicted octanol–water partition coefficient (Wildman–Crippen LogP) is 4.25. The number of nitrogens with zero attached hydrogens (tertiary/aromatic N) is 2. The highest BCUT2D eigenvalue weighted by molar-refractivity contribution is 8.00. The molecule has 0 aliphatic rings. The topological polar surface area (TPSA) is 73.3 Å². The van der Waals surface area contributed by atoms with Crippen molar-refractivity contribution in [1.29, 1.82) is 0 Å². The minimum atomic E-state index is -0.703. The van der Waals surface area contributed by atoms with Gasteiger partial charge in [-0.2, -0.15) is 0 Å². The minimum absolute atomic E-state index is 0.295. The number of anilines is 1. The van der Waals surface area contributed by atoms with Crippen LogP contribution in [0.3, 0.4) is 0 Å². The SMILES string of the molecule is COc1ccccc1O[C@@H](C)C(=O)Nc1nnc(SCc2ccccc2)s1. The Morgan fingerprint density at radius 3 is 2.56 bits per heavy atom. The van der Waals surface area contributed by atoms with Crippen LogP contribution in [-0.2, 0) is 10.5 Å². The number of carbonyl (C=O) groups excluding carboxylic acids is 1. The van der Waals surface area contributed by atoms with E-state index in [1.165, 1.54) is 16.9 Å². The van der Waals surface area contributed by atoms with Crippen LogP contribution in [0.1, 0.15) is 12.5 Å². The largest absolute Gasteiger partial charge is 0.493 e. The molecule has 1 N–H and O–H groups in total. The van der Waals surface area contributed by atoms with E-state index in [4.69, 9.17) is 9.47 Å². The van der Waals surface area contributed by atoms with Crippen molar-refractivity contribution in [2.45, 2.75) is 23.1 Å². The second-order valence-electron chi connectivity index (χ2n) is 5.55. The molecule has 140 valence electrons. The van der Waals surface area contributed by atoms with Crippen molar-refractivity contribution >= 4 is 34.1 Å². The molecule has 0 saturated carbocycles. The van der Waals surface area contributed by atoms with Crippen molar-refractivity contribution in [3.63, 3.8) is 0 Å². The van der Waals surface area contributed by atoms with Gasteiger partial charge in [-0.05, 0) is 24.6 Å². The van der Waals surface area contributed by atoms with Gasteiger partial charge in [0.2, 0.25) is 5.13 Å². The van der Waals surface area contributed by atoms with Crippen LogP contribution in [0.4, 0.5) is 5.13 Å². The van der Waals surface area contributed by atoms with Crippen LogP contribution < -0.4 is 14.8 Å². The maximum Gasteiger partial charge on any atom is 0.266 e. The van der Waals surface area contributed by atoms with Crippen molar-refractivity contribution in [2.75, 3.05) is 12.4 Å². The molecule has 6 nitrogen and oxygen atoms in total. The monoisotopic (exact) mass is 401 g/mol. The molecule has 3 rings (SSSR count). The molecular formula is C19H19N3O3S2. The molecule has 1 aromatic heterocycles. The van der Waals surface area contributed by atoms with Crippen molar-refractivity contribution < 1.29 is 14.3 Å². The Morgan fingerprint density at radius 2 is 1.81 bits per heavy atom. The lowest BCUT2D eigenvalue weighted by Gasteiger charge is -2.15. The lowest BCUT2D eigenvalue weighted by Crippen LogP contribution is -2.30. The molecule has 0 fully saturated rings. The van der Waals surface area contributed by atoms with Crippen LogP contribution in [-0.4, -0.2) is 29.3 Å². The summed E-state index contributed by atoms with van der Waals surface area (Å²) in [6.45, 7) is 1.67. The number of carbonyl (C=O) groups is 1. The molecule has 0 unspecified atom stereocenters. The van der Waals surface area contributed by atoms with E-state index in [9.17, 15) is 4.79 Å². The summed E-state index contributed by atoms with van der Waals surface area (Å²) in [6.07, 6.45) is -0.703. The summed E-state index contributed by atoms with van der Waals surface area (Å²) in [5.41, 5.74) is 1.21. The van der Waals surface area contributed by atoms with Crippen molar-refractivity contribution in [1.82, 2.24) is 10.2 Å². The third kappa shape index (κ3) is 5.45. The van der Waals surface area contributed by atoms with Crippen molar-refractivity contribution in [3.8, 4) is 11.5 Å². The third-order valence-corrected chi connectivity index (χ3v) is 5.63. The standard InChI is InChI=1S/C19H19N3O3S2/c1-13(25-16-11-7-6-10-15(16)24-2)17(23)20-18-21-22-19(27-18)26-12-14-8-4-3-5-9-14/h3-11,13H,12H2,1-2H3,(H,20,21,23)/t13-/m0/s1. The highest BCUT2D eigenvalue weighted by Crippen LogP contribution is 2.29. The number of amides is 1. The highest BCUT2D eigenvalue weighted by Gasteiger charge is 2.18. The van der Waals surface area contributed by atoms with Gasteiger partial charge in [0.05, 0.1) is 7.11 Å². The average Bonchev–Trinajstić information content (AvgIpc) is 3.15. The quantitative estimate of drug-likeness (QED) is 0.449. The van der Waals surface area contributed by atoms with Gasteiger partial charge in [-0.25, -0.2) is 0 Å². The van der Waals surface area contributed by atoms with Gasteiger partial charge in [0.1, 0.15) is 0 Å². The van der Waals surface area contributed by atoms with Crippen LogP contribution in [0.2, 0.25) is 0 Å². The van der Waals surface area contributed by atoms with E-state index >= 15 is 0 Å². The van der Waals surface area contributed by atoms with Gasteiger partial charge < -0.3 is 9.47 Å². The molecule has 1 heterocycles. The fourth-order valence-electron chi connectivity index (χ4n) is 2.21. The van der Waals surface area contributed by atoms with Gasteiger partial charge >= 0.3 is 0 Å². The van der Waals surface area contributed by atoms with Gasteiger partial charge in [-0.1, -0.05) is 65.6 Å². The molecule has 0 bridgehead atoms. The lowest BCUT2D eigenvalue weighted by atomic mass is 10.2. The Bertz CT molecular complexity index is 887. The van der Waals surface area contributed by atoms with Gasteiger partial charge in [0.25, 0.3) is 5.91 Å². The fraction of sp³-hybridized carbons (Fsp3) is 0.211.